The van der Waals surface area contributed by atoms with Gasteiger partial charge in [0.1, 0.15) is 5.82 Å². The lowest BCUT2D eigenvalue weighted by atomic mass is 10.3. The van der Waals surface area contributed by atoms with Crippen molar-refractivity contribution in [3.05, 3.63) is 39.0 Å². The van der Waals surface area contributed by atoms with Crippen LogP contribution in [0.3, 0.4) is 0 Å². The summed E-state index contributed by atoms with van der Waals surface area (Å²) in [6.07, 6.45) is 0. The number of ether oxygens (including phenoxy) is 1. The second kappa shape index (κ2) is 9.00. The first-order valence-electron chi connectivity index (χ1n) is 8.09. The Morgan fingerprint density at radius 1 is 1.37 bits per heavy atom. The minimum Gasteiger partial charge on any atom is -0.383 e. The molecule has 30 heavy (non-hydrogen) atoms. The van der Waals surface area contributed by atoms with Crippen LogP contribution in [0.5, 0.6) is 0 Å². The van der Waals surface area contributed by atoms with E-state index in [1.54, 1.807) is 0 Å². The number of methoxy groups -OCH3 is 1. The predicted molar refractivity (Wildman–Crippen MR) is 103 cm³/mol. The summed E-state index contributed by atoms with van der Waals surface area (Å²) in [5.41, 5.74) is 0.236. The largest absolute Gasteiger partial charge is 0.446 e. The summed E-state index contributed by atoms with van der Waals surface area (Å²) >= 11 is 3.05. The lowest BCUT2D eigenvalue weighted by Crippen LogP contribution is -2.45. The highest BCUT2D eigenvalue weighted by Gasteiger charge is 2.24. The van der Waals surface area contributed by atoms with Gasteiger partial charge >= 0.3 is 5.76 Å². The Morgan fingerprint density at radius 2 is 2.13 bits per heavy atom. The van der Waals surface area contributed by atoms with Crippen LogP contribution in [-0.4, -0.2) is 54.8 Å². The van der Waals surface area contributed by atoms with Crippen LogP contribution in [0, 0.1) is 5.82 Å². The quantitative estimate of drug-likeness (QED) is 0.356. The Balaban J connectivity index is 1.90. The first-order valence-corrected chi connectivity index (χ1v) is 10.4. The van der Waals surface area contributed by atoms with E-state index in [1.807, 2.05) is 0 Å². The number of nitrogens with one attached hydrogen (secondary N) is 2. The van der Waals surface area contributed by atoms with Crippen molar-refractivity contribution in [2.45, 2.75) is 6.04 Å². The Kier molecular flexibility index (Phi) is 6.61. The molecule has 3 aromatic rings. The highest BCUT2D eigenvalue weighted by Crippen LogP contribution is 2.26. The van der Waals surface area contributed by atoms with E-state index in [0.717, 1.165) is 10.6 Å². The van der Waals surface area contributed by atoms with Crippen molar-refractivity contribution in [2.75, 3.05) is 25.6 Å². The zero-order valence-corrected chi connectivity index (χ0v) is 17.6. The molecular formula is C14H15BrFN7O6S. The van der Waals surface area contributed by atoms with Gasteiger partial charge in [0.25, 0.3) is 10.2 Å². The Morgan fingerprint density at radius 3 is 2.80 bits per heavy atom. The standard InChI is InChI=1S/C14H15BrFN7O6S/c1-27-6-7(22-30(17,25)26)5-18-12-11(19-29-20-12)13-21-28-14(24)23(13)8-2-3-10(16)9(15)4-8/h2-4,7,22H,5-6H2,1H3,(H,18,20)(H2,17,25,26). The van der Waals surface area contributed by atoms with Crippen LogP contribution in [0.25, 0.3) is 17.2 Å². The first kappa shape index (κ1) is 22.0. The number of benzene rings is 1. The maximum absolute atomic E-state index is 13.5. The third kappa shape index (κ3) is 5.08. The first-order chi connectivity index (χ1) is 14.2. The number of anilines is 1. The van der Waals surface area contributed by atoms with Gasteiger partial charge < -0.3 is 10.1 Å². The number of rotatable bonds is 9. The molecule has 1 aromatic carbocycles. The van der Waals surface area contributed by atoms with Crippen molar-refractivity contribution < 1.29 is 26.7 Å². The van der Waals surface area contributed by atoms with Crippen LogP contribution >= 0.6 is 15.9 Å². The molecule has 0 amide bonds. The number of hydrogen-bond acceptors (Lipinski definition) is 10. The molecule has 16 heteroatoms. The Hall–Kier alpha value is -2.66. The summed E-state index contributed by atoms with van der Waals surface area (Å²) in [5.74, 6) is -1.42. The fourth-order valence-electron chi connectivity index (χ4n) is 2.49. The van der Waals surface area contributed by atoms with E-state index < -0.39 is 27.8 Å². The molecule has 0 aliphatic heterocycles. The molecule has 162 valence electrons. The van der Waals surface area contributed by atoms with Gasteiger partial charge in [-0.15, -0.1) is 0 Å². The summed E-state index contributed by atoms with van der Waals surface area (Å²) < 4.78 is 53.8. The SMILES string of the molecule is COCC(CNc1nonc1-c1noc(=O)n1-c1ccc(F)c(Br)c1)NS(N)(=O)=O. The number of nitrogens with two attached hydrogens (primary N) is 1. The summed E-state index contributed by atoms with van der Waals surface area (Å²) in [7, 11) is -2.60. The van der Waals surface area contributed by atoms with Gasteiger partial charge in [-0.05, 0) is 44.4 Å². The third-order valence-electron chi connectivity index (χ3n) is 3.68. The monoisotopic (exact) mass is 507 g/mol. The molecule has 0 aliphatic carbocycles. The molecule has 0 bridgehead atoms. The van der Waals surface area contributed by atoms with Crippen LogP contribution in [0.2, 0.25) is 0 Å². The Labute approximate surface area is 176 Å². The minimum absolute atomic E-state index is 0.00230. The molecule has 0 radical (unpaired) electrons. The molecule has 0 saturated carbocycles. The van der Waals surface area contributed by atoms with Gasteiger partial charge in [0.15, 0.2) is 5.69 Å². The second-order valence-electron chi connectivity index (χ2n) is 5.86. The zero-order valence-electron chi connectivity index (χ0n) is 15.2. The van der Waals surface area contributed by atoms with Gasteiger partial charge in [-0.25, -0.2) is 23.5 Å². The van der Waals surface area contributed by atoms with Crippen LogP contribution in [0.15, 0.2) is 36.6 Å². The molecule has 13 nitrogen and oxygen atoms in total. The lowest BCUT2D eigenvalue weighted by molar-refractivity contribution is 0.178. The smallest absolute Gasteiger partial charge is 0.383 e. The van der Waals surface area contributed by atoms with Gasteiger partial charge in [0.05, 0.1) is 22.8 Å². The Bertz CT molecular complexity index is 1190. The number of hydrogen-bond donors (Lipinski definition) is 3. The molecule has 1 atom stereocenters. The molecule has 2 aromatic heterocycles. The van der Waals surface area contributed by atoms with Crippen LogP contribution in [-0.2, 0) is 14.9 Å². The molecule has 1 unspecified atom stereocenters. The van der Waals surface area contributed by atoms with Crippen molar-refractivity contribution in [2.24, 2.45) is 5.14 Å². The van der Waals surface area contributed by atoms with Crippen molar-refractivity contribution in [1.82, 2.24) is 24.8 Å². The topological polar surface area (TPSA) is 180 Å². The summed E-state index contributed by atoms with van der Waals surface area (Å²) in [6, 6.07) is 3.09. The number of nitrogens with zero attached hydrogens (tertiary/aromatic N) is 4. The summed E-state index contributed by atoms with van der Waals surface area (Å²) in [5, 5.41) is 18.9. The van der Waals surface area contributed by atoms with E-state index in [9.17, 15) is 17.6 Å². The number of aromatic nitrogens is 4. The van der Waals surface area contributed by atoms with Gasteiger partial charge in [-0.3, -0.25) is 4.52 Å². The van der Waals surface area contributed by atoms with Crippen molar-refractivity contribution in [1.29, 1.82) is 0 Å². The highest BCUT2D eigenvalue weighted by atomic mass is 79.9. The summed E-state index contributed by atoms with van der Waals surface area (Å²) in [4.78, 5) is 12.2. The molecule has 2 heterocycles. The van der Waals surface area contributed by atoms with E-state index >= 15 is 0 Å². The fraction of sp³-hybridized carbons (Fsp3) is 0.286. The van der Waals surface area contributed by atoms with Crippen molar-refractivity contribution in [3.8, 4) is 17.2 Å². The van der Waals surface area contributed by atoms with Gasteiger partial charge in [0, 0.05) is 13.7 Å². The molecule has 0 saturated heterocycles. The van der Waals surface area contributed by atoms with E-state index in [2.05, 4.69) is 41.4 Å². The predicted octanol–water partition coefficient (Wildman–Crippen LogP) is -0.00290. The maximum atomic E-state index is 13.5. The highest BCUT2D eigenvalue weighted by molar-refractivity contribution is 9.10. The van der Waals surface area contributed by atoms with Crippen LogP contribution in [0.1, 0.15) is 0 Å². The van der Waals surface area contributed by atoms with Crippen LogP contribution < -0.4 is 20.9 Å². The molecule has 0 aliphatic rings. The lowest BCUT2D eigenvalue weighted by Gasteiger charge is -2.16. The second-order valence-corrected chi connectivity index (χ2v) is 8.04. The normalized spacial score (nSPS) is 12.8. The number of halogens is 2. The van der Waals surface area contributed by atoms with E-state index in [1.165, 1.54) is 19.2 Å². The van der Waals surface area contributed by atoms with Crippen molar-refractivity contribution in [3.63, 3.8) is 0 Å². The van der Waals surface area contributed by atoms with Gasteiger partial charge in [0.2, 0.25) is 11.6 Å². The third-order valence-corrected chi connectivity index (χ3v) is 4.95. The molecule has 3 rings (SSSR count). The van der Waals surface area contributed by atoms with Gasteiger partial charge in [-0.1, -0.05) is 5.16 Å². The zero-order chi connectivity index (χ0) is 21.9. The molecule has 0 spiro atoms. The maximum Gasteiger partial charge on any atom is 0.446 e. The van der Waals surface area contributed by atoms with Crippen molar-refractivity contribution >= 4 is 32.0 Å². The summed E-state index contributed by atoms with van der Waals surface area (Å²) in [6.45, 7) is -0.0159. The minimum atomic E-state index is -3.98. The van der Waals surface area contributed by atoms with E-state index in [-0.39, 0.29) is 40.6 Å². The fourth-order valence-corrected chi connectivity index (χ4v) is 3.47. The average molecular weight is 508 g/mol. The van der Waals surface area contributed by atoms with Crippen LogP contribution in [0.4, 0.5) is 10.2 Å². The van der Waals surface area contributed by atoms with E-state index in [4.69, 9.17) is 19.0 Å². The molecule has 4 N–H and O–H groups in total. The molecule has 0 fully saturated rings. The van der Waals surface area contributed by atoms with Gasteiger partial charge in [-0.2, -0.15) is 13.1 Å². The average Bonchev–Trinajstić information content (AvgIpc) is 3.27. The van der Waals surface area contributed by atoms with E-state index in [0.29, 0.717) is 0 Å². The molecular weight excluding hydrogens is 493 g/mol.